The van der Waals surface area contributed by atoms with Crippen molar-refractivity contribution in [3.8, 4) is 55.6 Å². The Morgan fingerprint density at radius 1 is 0.275 bits per heavy atom. The smallest absolute Gasteiger partial charge is 0.135 e. The highest BCUT2D eigenvalue weighted by Gasteiger charge is 2.46. The third-order valence-corrected chi connectivity index (χ3v) is 14.2. The Balaban J connectivity index is 1.10. The van der Waals surface area contributed by atoms with Crippen LogP contribution in [0.2, 0.25) is 0 Å². The standard InChI is InChI=1S/C67H45NO/c1-6-18-46(19-7-1)49-30-32-50(33-31-49)57-38-34-52(48-22-10-3-11-23-48)43-64(57)68(55-37-41-66-61(44-55)60-28-16-17-29-65(60)69-66)56-36-40-59-58-39-35-51(47-20-8-2-9-21-47)42-62(58)67(63(59)45-56,53-24-12-4-13-25-53)54-26-14-5-15-27-54/h1-45H. The summed E-state index contributed by atoms with van der Waals surface area (Å²) in [5.41, 5.74) is 21.0. The summed E-state index contributed by atoms with van der Waals surface area (Å²) >= 11 is 0. The molecule has 0 radical (unpaired) electrons. The molecule has 11 aromatic carbocycles. The summed E-state index contributed by atoms with van der Waals surface area (Å²) in [7, 11) is 0. The van der Waals surface area contributed by atoms with E-state index in [1.54, 1.807) is 0 Å². The molecule has 1 aromatic heterocycles. The van der Waals surface area contributed by atoms with Gasteiger partial charge in [0.1, 0.15) is 11.2 Å². The summed E-state index contributed by atoms with van der Waals surface area (Å²) in [5, 5.41) is 2.17. The number of para-hydroxylation sites is 1. The van der Waals surface area contributed by atoms with Crippen LogP contribution >= 0.6 is 0 Å². The van der Waals surface area contributed by atoms with Crippen LogP contribution in [0.4, 0.5) is 17.1 Å². The van der Waals surface area contributed by atoms with Gasteiger partial charge in [-0.3, -0.25) is 0 Å². The summed E-state index contributed by atoms with van der Waals surface area (Å²) in [6.07, 6.45) is 0. The van der Waals surface area contributed by atoms with Crippen LogP contribution in [0, 0.1) is 0 Å². The Morgan fingerprint density at radius 3 is 1.32 bits per heavy atom. The van der Waals surface area contributed by atoms with Crippen LogP contribution in [0.15, 0.2) is 277 Å². The van der Waals surface area contributed by atoms with Crippen LogP contribution in [0.25, 0.3) is 77.6 Å². The number of rotatable bonds is 9. The highest BCUT2D eigenvalue weighted by atomic mass is 16.3. The van der Waals surface area contributed by atoms with Crippen molar-refractivity contribution < 1.29 is 4.42 Å². The molecule has 12 aromatic rings. The lowest BCUT2D eigenvalue weighted by molar-refractivity contribution is 0.669. The van der Waals surface area contributed by atoms with E-state index < -0.39 is 5.41 Å². The van der Waals surface area contributed by atoms with Gasteiger partial charge in [-0.05, 0) is 121 Å². The van der Waals surface area contributed by atoms with Gasteiger partial charge in [0, 0.05) is 27.7 Å². The van der Waals surface area contributed by atoms with Gasteiger partial charge in [0.15, 0.2) is 0 Å². The van der Waals surface area contributed by atoms with Crippen LogP contribution in [0.3, 0.4) is 0 Å². The Hall–Kier alpha value is -8.98. The van der Waals surface area contributed by atoms with Crippen LogP contribution in [-0.4, -0.2) is 0 Å². The number of fused-ring (bicyclic) bond motifs is 6. The minimum Gasteiger partial charge on any atom is -0.456 e. The average molecular weight is 880 g/mol. The van der Waals surface area contributed by atoms with Gasteiger partial charge in [-0.1, -0.05) is 224 Å². The molecule has 0 atom stereocenters. The SMILES string of the molecule is c1ccc(-c2ccc(-c3ccc(-c4ccccc4)cc3N(c3ccc4c(c3)C(c3ccccc3)(c3ccccc3)c3cc(-c5ccccc5)ccc3-4)c3ccc4oc5ccccc5c4c3)cc2)cc1. The quantitative estimate of drug-likeness (QED) is 0.144. The van der Waals surface area contributed by atoms with Crippen LogP contribution in [0.1, 0.15) is 22.3 Å². The Kier molecular flexibility index (Phi) is 9.77. The maximum Gasteiger partial charge on any atom is 0.135 e. The zero-order valence-corrected chi connectivity index (χ0v) is 37.8. The average Bonchev–Trinajstić information content (AvgIpc) is 3.95. The van der Waals surface area contributed by atoms with E-state index in [9.17, 15) is 0 Å². The fraction of sp³-hybridized carbons (Fsp3) is 0.0149. The zero-order valence-electron chi connectivity index (χ0n) is 37.8. The number of anilines is 3. The van der Waals surface area contributed by atoms with Crippen molar-refractivity contribution in [2.24, 2.45) is 0 Å². The first-order valence-electron chi connectivity index (χ1n) is 23.7. The lowest BCUT2D eigenvalue weighted by Crippen LogP contribution is -2.28. The van der Waals surface area contributed by atoms with Crippen LogP contribution in [0.5, 0.6) is 0 Å². The predicted molar refractivity (Wildman–Crippen MR) is 287 cm³/mol. The van der Waals surface area contributed by atoms with E-state index in [0.717, 1.165) is 61.3 Å². The van der Waals surface area contributed by atoms with E-state index in [1.165, 1.54) is 55.6 Å². The lowest BCUT2D eigenvalue weighted by atomic mass is 9.67. The Labute approximate surface area is 402 Å². The van der Waals surface area contributed by atoms with Gasteiger partial charge in [0.2, 0.25) is 0 Å². The van der Waals surface area contributed by atoms with Gasteiger partial charge in [-0.25, -0.2) is 0 Å². The van der Waals surface area contributed by atoms with Gasteiger partial charge >= 0.3 is 0 Å². The molecule has 0 unspecified atom stereocenters. The van der Waals surface area contributed by atoms with Crippen molar-refractivity contribution in [2.45, 2.75) is 5.41 Å². The van der Waals surface area contributed by atoms with E-state index in [1.807, 2.05) is 6.07 Å². The van der Waals surface area contributed by atoms with Gasteiger partial charge in [-0.2, -0.15) is 0 Å². The van der Waals surface area contributed by atoms with Crippen molar-refractivity contribution in [3.05, 3.63) is 295 Å². The second-order valence-corrected chi connectivity index (χ2v) is 18.0. The highest BCUT2D eigenvalue weighted by molar-refractivity contribution is 6.07. The second kappa shape index (κ2) is 16.7. The topological polar surface area (TPSA) is 16.4 Å². The molecule has 1 aliphatic carbocycles. The molecule has 13 rings (SSSR count). The van der Waals surface area contributed by atoms with E-state index >= 15 is 0 Å². The molecule has 0 saturated carbocycles. The fourth-order valence-corrected chi connectivity index (χ4v) is 11.0. The highest BCUT2D eigenvalue weighted by Crippen LogP contribution is 2.58. The molecule has 0 N–H and O–H groups in total. The van der Waals surface area contributed by atoms with Gasteiger partial charge in [0.05, 0.1) is 11.1 Å². The van der Waals surface area contributed by atoms with Crippen LogP contribution < -0.4 is 4.90 Å². The summed E-state index contributed by atoms with van der Waals surface area (Å²) in [6.45, 7) is 0. The van der Waals surface area contributed by atoms with Gasteiger partial charge < -0.3 is 9.32 Å². The molecule has 0 fully saturated rings. The zero-order chi connectivity index (χ0) is 45.7. The Bertz CT molecular complexity index is 3760. The van der Waals surface area contributed by atoms with E-state index in [0.29, 0.717) is 0 Å². The molecular weight excluding hydrogens is 835 g/mol. The molecule has 0 spiro atoms. The number of benzene rings is 11. The number of furan rings is 1. The van der Waals surface area contributed by atoms with Gasteiger partial charge in [0.25, 0.3) is 0 Å². The molecular formula is C67H45NO. The number of nitrogens with zero attached hydrogens (tertiary/aromatic N) is 1. The van der Waals surface area contributed by atoms with Crippen molar-refractivity contribution in [1.29, 1.82) is 0 Å². The third kappa shape index (κ3) is 6.80. The number of hydrogen-bond acceptors (Lipinski definition) is 2. The van der Waals surface area contributed by atoms with E-state index in [4.69, 9.17) is 4.42 Å². The molecule has 2 heteroatoms. The maximum absolute atomic E-state index is 6.46. The molecule has 0 saturated heterocycles. The first-order valence-corrected chi connectivity index (χ1v) is 23.7. The monoisotopic (exact) mass is 879 g/mol. The summed E-state index contributed by atoms with van der Waals surface area (Å²) in [5.74, 6) is 0. The molecule has 0 aliphatic heterocycles. The summed E-state index contributed by atoms with van der Waals surface area (Å²) in [6, 6.07) is 99.6. The molecule has 69 heavy (non-hydrogen) atoms. The second-order valence-electron chi connectivity index (χ2n) is 18.0. The van der Waals surface area contributed by atoms with Crippen molar-refractivity contribution in [1.82, 2.24) is 0 Å². The summed E-state index contributed by atoms with van der Waals surface area (Å²) in [4.78, 5) is 2.48. The van der Waals surface area contributed by atoms with E-state index in [2.05, 4.69) is 272 Å². The maximum atomic E-state index is 6.46. The van der Waals surface area contributed by atoms with Crippen molar-refractivity contribution in [3.63, 3.8) is 0 Å². The fourth-order valence-electron chi connectivity index (χ4n) is 11.0. The molecule has 0 amide bonds. The van der Waals surface area contributed by atoms with Crippen molar-refractivity contribution in [2.75, 3.05) is 4.90 Å². The molecule has 1 aliphatic rings. The lowest BCUT2D eigenvalue weighted by Gasteiger charge is -2.35. The first-order chi connectivity index (χ1) is 34.2. The minimum absolute atomic E-state index is 0.633. The molecule has 2 nitrogen and oxygen atoms in total. The van der Waals surface area contributed by atoms with E-state index in [-0.39, 0.29) is 0 Å². The largest absolute Gasteiger partial charge is 0.456 e. The first kappa shape index (κ1) is 40.3. The van der Waals surface area contributed by atoms with Crippen LogP contribution in [-0.2, 0) is 5.41 Å². The molecule has 324 valence electrons. The van der Waals surface area contributed by atoms with Gasteiger partial charge in [-0.15, -0.1) is 0 Å². The number of hydrogen-bond donors (Lipinski definition) is 0. The molecule has 1 heterocycles. The third-order valence-electron chi connectivity index (χ3n) is 14.2. The molecule has 0 bridgehead atoms. The minimum atomic E-state index is -0.633. The van der Waals surface area contributed by atoms with Crippen molar-refractivity contribution >= 4 is 39.0 Å². The summed E-state index contributed by atoms with van der Waals surface area (Å²) < 4.78 is 6.46. The predicted octanol–water partition coefficient (Wildman–Crippen LogP) is 18.1. The normalized spacial score (nSPS) is 12.5. The Morgan fingerprint density at radius 2 is 0.696 bits per heavy atom.